The molecule has 0 bridgehead atoms. The normalized spacial score (nSPS) is 10.8. The highest BCUT2D eigenvalue weighted by Crippen LogP contribution is 2.19. The van der Waals surface area contributed by atoms with Crippen molar-refractivity contribution in [2.75, 3.05) is 40.6 Å². The summed E-state index contributed by atoms with van der Waals surface area (Å²) in [6, 6.07) is 7.49. The first-order chi connectivity index (χ1) is 14.1. The lowest BCUT2D eigenvalue weighted by Crippen LogP contribution is -2.13. The number of nitrogens with zero attached hydrogens (tertiary/aromatic N) is 2. The Labute approximate surface area is 172 Å². The predicted molar refractivity (Wildman–Crippen MR) is 109 cm³/mol. The fourth-order valence-electron chi connectivity index (χ4n) is 2.46. The fourth-order valence-corrected chi connectivity index (χ4v) is 2.46. The standard InChI is InChI=1S/C20H29BN2O6/c1-15-19(7-5-17(22-15)13-26-11-9-24-3)28-21-29-20-8-6-18(23-16(20)2)14-27-12-10-25-4/h5-8,21H,9-14H2,1-4H3. The minimum atomic E-state index is 0.0679. The van der Waals surface area contributed by atoms with Crippen molar-refractivity contribution in [3.63, 3.8) is 0 Å². The average Bonchev–Trinajstić information content (AvgIpc) is 2.71. The Kier molecular flexibility index (Phi) is 10.4. The Morgan fingerprint density at radius 3 is 1.52 bits per heavy atom. The zero-order valence-corrected chi connectivity index (χ0v) is 17.6. The average molecular weight is 404 g/mol. The van der Waals surface area contributed by atoms with Gasteiger partial charge >= 0.3 is 7.69 Å². The molecule has 0 radical (unpaired) electrons. The van der Waals surface area contributed by atoms with E-state index in [0.29, 0.717) is 51.1 Å². The summed E-state index contributed by atoms with van der Waals surface area (Å²) in [4.78, 5) is 8.97. The third-order valence-corrected chi connectivity index (χ3v) is 3.98. The van der Waals surface area contributed by atoms with Crippen LogP contribution >= 0.6 is 0 Å². The van der Waals surface area contributed by atoms with Gasteiger partial charge in [-0.25, -0.2) is 0 Å². The monoisotopic (exact) mass is 404 g/mol. The minimum Gasteiger partial charge on any atom is -0.527 e. The van der Waals surface area contributed by atoms with Crippen LogP contribution in [0.15, 0.2) is 24.3 Å². The van der Waals surface area contributed by atoms with Gasteiger partial charge in [-0.15, -0.1) is 0 Å². The van der Waals surface area contributed by atoms with Crippen LogP contribution in [0.25, 0.3) is 0 Å². The van der Waals surface area contributed by atoms with Crippen LogP contribution in [0.4, 0.5) is 0 Å². The molecule has 2 rings (SSSR count). The lowest BCUT2D eigenvalue weighted by Gasteiger charge is -2.12. The number of pyridine rings is 2. The number of hydrogen-bond donors (Lipinski definition) is 0. The second kappa shape index (κ2) is 13.1. The Morgan fingerprint density at radius 2 is 1.14 bits per heavy atom. The summed E-state index contributed by atoms with van der Waals surface area (Å²) >= 11 is 0. The van der Waals surface area contributed by atoms with Crippen molar-refractivity contribution in [3.05, 3.63) is 47.0 Å². The summed E-state index contributed by atoms with van der Waals surface area (Å²) in [7, 11) is 3.36. The molecule has 0 aliphatic rings. The number of hydrogen-bond acceptors (Lipinski definition) is 8. The first kappa shape index (κ1) is 23.1. The van der Waals surface area contributed by atoms with Crippen molar-refractivity contribution in [2.45, 2.75) is 27.1 Å². The van der Waals surface area contributed by atoms with Gasteiger partial charge in [-0.05, 0) is 38.1 Å². The molecular weight excluding hydrogens is 375 g/mol. The van der Waals surface area contributed by atoms with E-state index in [4.69, 9.17) is 28.3 Å². The second-order valence-electron chi connectivity index (χ2n) is 6.27. The molecule has 2 aromatic rings. The lowest BCUT2D eigenvalue weighted by atomic mass is 10.2. The molecule has 0 amide bonds. The molecule has 158 valence electrons. The smallest absolute Gasteiger partial charge is 0.527 e. The number of methoxy groups -OCH3 is 2. The van der Waals surface area contributed by atoms with E-state index in [1.807, 2.05) is 38.1 Å². The highest BCUT2D eigenvalue weighted by Gasteiger charge is 2.08. The van der Waals surface area contributed by atoms with Gasteiger partial charge in [0.15, 0.2) is 0 Å². The molecule has 0 spiro atoms. The molecule has 0 saturated carbocycles. The first-order valence-corrected chi connectivity index (χ1v) is 9.46. The molecule has 9 heteroatoms. The van der Waals surface area contributed by atoms with Gasteiger partial charge in [0.1, 0.15) is 11.5 Å². The molecule has 2 heterocycles. The maximum absolute atomic E-state index is 5.70. The van der Waals surface area contributed by atoms with Crippen molar-refractivity contribution in [2.24, 2.45) is 0 Å². The first-order valence-electron chi connectivity index (χ1n) is 9.46. The maximum atomic E-state index is 5.70. The third kappa shape index (κ3) is 8.37. The fraction of sp³-hybridized carbons (Fsp3) is 0.500. The molecule has 0 N–H and O–H groups in total. The second-order valence-corrected chi connectivity index (χ2v) is 6.27. The molecule has 0 fully saturated rings. The van der Waals surface area contributed by atoms with Gasteiger partial charge in [0, 0.05) is 14.2 Å². The summed E-state index contributed by atoms with van der Waals surface area (Å²) in [6.45, 7) is 6.85. The molecule has 29 heavy (non-hydrogen) atoms. The van der Waals surface area contributed by atoms with Crippen LogP contribution in [0.2, 0.25) is 0 Å². The maximum Gasteiger partial charge on any atom is 0.576 e. The van der Waals surface area contributed by atoms with Crippen molar-refractivity contribution < 1.29 is 28.3 Å². The molecule has 0 unspecified atom stereocenters. The van der Waals surface area contributed by atoms with Crippen LogP contribution in [0.5, 0.6) is 11.5 Å². The number of aromatic nitrogens is 2. The Morgan fingerprint density at radius 1 is 0.690 bits per heavy atom. The minimum absolute atomic E-state index is 0.0679. The van der Waals surface area contributed by atoms with Crippen molar-refractivity contribution >= 4 is 7.69 Å². The van der Waals surface area contributed by atoms with Gasteiger partial charge in [-0.3, -0.25) is 9.97 Å². The Balaban J connectivity index is 1.78. The highest BCUT2D eigenvalue weighted by atomic mass is 16.6. The zero-order valence-electron chi connectivity index (χ0n) is 17.6. The molecule has 0 aliphatic carbocycles. The molecule has 8 nitrogen and oxygen atoms in total. The van der Waals surface area contributed by atoms with E-state index < -0.39 is 0 Å². The van der Waals surface area contributed by atoms with Gasteiger partial charge in [-0.1, -0.05) is 0 Å². The van der Waals surface area contributed by atoms with Gasteiger partial charge < -0.3 is 28.3 Å². The highest BCUT2D eigenvalue weighted by molar-refractivity contribution is 6.20. The topological polar surface area (TPSA) is 81.2 Å². The van der Waals surface area contributed by atoms with Crippen LogP contribution < -0.4 is 9.31 Å². The largest absolute Gasteiger partial charge is 0.576 e. The van der Waals surface area contributed by atoms with Crippen LogP contribution in [-0.4, -0.2) is 58.3 Å². The van der Waals surface area contributed by atoms with E-state index in [1.165, 1.54) is 0 Å². The van der Waals surface area contributed by atoms with Gasteiger partial charge in [0.05, 0.1) is 62.4 Å². The van der Waals surface area contributed by atoms with Crippen LogP contribution in [0, 0.1) is 13.8 Å². The lowest BCUT2D eigenvalue weighted by molar-refractivity contribution is 0.0601. The SMILES string of the molecule is COCCOCc1ccc(OBOc2ccc(COCCOC)nc2C)c(C)n1. The summed E-state index contributed by atoms with van der Waals surface area (Å²) in [5, 5.41) is 0. The summed E-state index contributed by atoms with van der Waals surface area (Å²) in [5.41, 5.74) is 3.24. The molecule has 0 aromatic carbocycles. The van der Waals surface area contributed by atoms with Gasteiger partial charge in [0.2, 0.25) is 0 Å². The summed E-state index contributed by atoms with van der Waals surface area (Å²) < 4.78 is 32.3. The number of rotatable bonds is 14. The number of ether oxygens (including phenoxy) is 4. The van der Waals surface area contributed by atoms with Crippen molar-refractivity contribution in [3.8, 4) is 11.5 Å². The van der Waals surface area contributed by atoms with Crippen molar-refractivity contribution in [1.29, 1.82) is 0 Å². The van der Waals surface area contributed by atoms with E-state index in [0.717, 1.165) is 22.8 Å². The molecule has 0 saturated heterocycles. The van der Waals surface area contributed by atoms with Crippen LogP contribution in [0.3, 0.4) is 0 Å². The quantitative estimate of drug-likeness (QED) is 0.350. The van der Waals surface area contributed by atoms with Gasteiger partial charge in [-0.2, -0.15) is 0 Å². The molecule has 0 atom stereocenters. The molecular formula is C20H29BN2O6. The van der Waals surface area contributed by atoms with Gasteiger partial charge in [0.25, 0.3) is 0 Å². The van der Waals surface area contributed by atoms with E-state index in [9.17, 15) is 0 Å². The van der Waals surface area contributed by atoms with E-state index >= 15 is 0 Å². The predicted octanol–water partition coefficient (Wildman–Crippen LogP) is 2.14. The molecule has 2 aromatic heterocycles. The van der Waals surface area contributed by atoms with E-state index in [-0.39, 0.29) is 7.69 Å². The number of aryl methyl sites for hydroxylation is 2. The van der Waals surface area contributed by atoms with Crippen LogP contribution in [-0.2, 0) is 32.2 Å². The Bertz CT molecular complexity index is 685. The third-order valence-electron chi connectivity index (χ3n) is 3.98. The molecule has 0 aliphatic heterocycles. The summed E-state index contributed by atoms with van der Waals surface area (Å²) in [6.07, 6.45) is 0. The summed E-state index contributed by atoms with van der Waals surface area (Å²) in [5.74, 6) is 1.33. The Hall–Kier alpha value is -2.20. The van der Waals surface area contributed by atoms with Crippen LogP contribution in [0.1, 0.15) is 22.8 Å². The van der Waals surface area contributed by atoms with E-state index in [2.05, 4.69) is 9.97 Å². The zero-order chi connectivity index (χ0) is 20.9. The van der Waals surface area contributed by atoms with E-state index in [1.54, 1.807) is 14.2 Å². The van der Waals surface area contributed by atoms with Crippen molar-refractivity contribution in [1.82, 2.24) is 9.97 Å².